The normalized spacial score (nSPS) is 12.3. The van der Waals surface area contributed by atoms with Crippen molar-refractivity contribution in [3.63, 3.8) is 0 Å². The molecule has 0 fully saturated rings. The standard InChI is InChI=1S/C14H21N5S/c1-4-11-7-8-20-12(11)6-5-9(2)16-14-18-10(3)17-13(15)19-14/h7-9H,4-6H2,1-3H3,(H3,15,16,17,18,19). The quantitative estimate of drug-likeness (QED) is 0.856. The van der Waals surface area contributed by atoms with E-state index < -0.39 is 0 Å². The molecule has 0 aliphatic heterocycles. The molecule has 0 saturated heterocycles. The highest BCUT2D eigenvalue weighted by Gasteiger charge is 2.09. The van der Waals surface area contributed by atoms with Gasteiger partial charge >= 0.3 is 0 Å². The van der Waals surface area contributed by atoms with Gasteiger partial charge in [0.05, 0.1) is 0 Å². The maximum Gasteiger partial charge on any atom is 0.227 e. The van der Waals surface area contributed by atoms with E-state index in [-0.39, 0.29) is 5.95 Å². The van der Waals surface area contributed by atoms with Crippen molar-refractivity contribution in [3.05, 3.63) is 27.7 Å². The first kappa shape index (κ1) is 14.7. The van der Waals surface area contributed by atoms with Crippen LogP contribution in [0, 0.1) is 6.92 Å². The van der Waals surface area contributed by atoms with Crippen LogP contribution in [-0.2, 0) is 12.8 Å². The van der Waals surface area contributed by atoms with Crippen LogP contribution in [-0.4, -0.2) is 21.0 Å². The highest BCUT2D eigenvalue weighted by molar-refractivity contribution is 7.10. The average molecular weight is 291 g/mol. The first-order chi connectivity index (χ1) is 9.58. The Morgan fingerprint density at radius 1 is 1.35 bits per heavy atom. The molecule has 2 heterocycles. The summed E-state index contributed by atoms with van der Waals surface area (Å²) in [4.78, 5) is 13.8. The van der Waals surface area contributed by atoms with Crippen molar-refractivity contribution < 1.29 is 0 Å². The Balaban J connectivity index is 1.90. The maximum atomic E-state index is 5.62. The summed E-state index contributed by atoms with van der Waals surface area (Å²) in [5.74, 6) is 1.46. The highest BCUT2D eigenvalue weighted by atomic mass is 32.1. The van der Waals surface area contributed by atoms with Gasteiger partial charge < -0.3 is 11.1 Å². The molecule has 0 radical (unpaired) electrons. The van der Waals surface area contributed by atoms with Gasteiger partial charge in [-0.25, -0.2) is 0 Å². The van der Waals surface area contributed by atoms with E-state index in [1.165, 1.54) is 10.4 Å². The predicted octanol–water partition coefficient (Wildman–Crippen LogP) is 2.82. The zero-order valence-corrected chi connectivity index (χ0v) is 13.0. The Kier molecular flexibility index (Phi) is 4.89. The van der Waals surface area contributed by atoms with Gasteiger partial charge in [-0.2, -0.15) is 15.0 Å². The lowest BCUT2D eigenvalue weighted by molar-refractivity contribution is 0.699. The van der Waals surface area contributed by atoms with E-state index in [2.05, 4.69) is 45.6 Å². The molecule has 108 valence electrons. The first-order valence-corrected chi connectivity index (χ1v) is 7.76. The summed E-state index contributed by atoms with van der Waals surface area (Å²) in [6.07, 6.45) is 3.22. The lowest BCUT2D eigenvalue weighted by atomic mass is 10.1. The number of rotatable bonds is 6. The van der Waals surface area contributed by atoms with Gasteiger partial charge in [0, 0.05) is 10.9 Å². The molecule has 0 spiro atoms. The van der Waals surface area contributed by atoms with Crippen molar-refractivity contribution in [1.29, 1.82) is 0 Å². The number of nitrogens with one attached hydrogen (secondary N) is 1. The number of hydrogen-bond donors (Lipinski definition) is 2. The number of nitrogens with zero attached hydrogens (tertiary/aromatic N) is 3. The fourth-order valence-corrected chi connectivity index (χ4v) is 3.10. The van der Waals surface area contributed by atoms with Crippen LogP contribution < -0.4 is 11.1 Å². The molecule has 6 heteroatoms. The monoisotopic (exact) mass is 291 g/mol. The van der Waals surface area contributed by atoms with E-state index in [0.29, 0.717) is 17.8 Å². The van der Waals surface area contributed by atoms with Crippen LogP contribution in [0.25, 0.3) is 0 Å². The Morgan fingerprint density at radius 2 is 2.15 bits per heavy atom. The van der Waals surface area contributed by atoms with Crippen molar-refractivity contribution in [1.82, 2.24) is 15.0 Å². The van der Waals surface area contributed by atoms with Crippen LogP contribution in [0.2, 0.25) is 0 Å². The topological polar surface area (TPSA) is 76.7 Å². The smallest absolute Gasteiger partial charge is 0.227 e. The Morgan fingerprint density at radius 3 is 2.85 bits per heavy atom. The molecule has 0 aromatic carbocycles. The van der Waals surface area contributed by atoms with Crippen molar-refractivity contribution in [3.8, 4) is 0 Å². The van der Waals surface area contributed by atoms with E-state index in [9.17, 15) is 0 Å². The van der Waals surface area contributed by atoms with Crippen LogP contribution >= 0.6 is 11.3 Å². The summed E-state index contributed by atoms with van der Waals surface area (Å²) >= 11 is 1.84. The number of nitrogens with two attached hydrogens (primary N) is 1. The lowest BCUT2D eigenvalue weighted by Crippen LogP contribution is -2.19. The van der Waals surface area contributed by atoms with Crippen molar-refractivity contribution in [2.45, 2.75) is 46.1 Å². The molecular weight excluding hydrogens is 270 g/mol. The van der Waals surface area contributed by atoms with Crippen molar-refractivity contribution in [2.24, 2.45) is 0 Å². The second kappa shape index (κ2) is 6.65. The number of thiophene rings is 1. The van der Waals surface area contributed by atoms with E-state index in [1.807, 2.05) is 18.3 Å². The summed E-state index contributed by atoms with van der Waals surface area (Å²) in [5.41, 5.74) is 7.08. The van der Waals surface area contributed by atoms with Gasteiger partial charge in [-0.1, -0.05) is 6.92 Å². The Bertz CT molecular complexity index is 546. The molecule has 2 aromatic rings. The number of nitrogen functional groups attached to an aromatic ring is 1. The SMILES string of the molecule is CCc1ccsc1CCC(C)Nc1nc(C)nc(N)n1. The molecule has 2 rings (SSSR count). The Hall–Kier alpha value is -1.69. The van der Waals surface area contributed by atoms with Crippen molar-refractivity contribution in [2.75, 3.05) is 11.1 Å². The minimum Gasteiger partial charge on any atom is -0.368 e. The summed E-state index contributed by atoms with van der Waals surface area (Å²) in [7, 11) is 0. The minimum absolute atomic E-state index is 0.263. The fourth-order valence-electron chi connectivity index (χ4n) is 2.11. The van der Waals surface area contributed by atoms with Crippen LogP contribution in [0.15, 0.2) is 11.4 Å². The molecule has 3 N–H and O–H groups in total. The largest absolute Gasteiger partial charge is 0.368 e. The fraction of sp³-hybridized carbons (Fsp3) is 0.500. The van der Waals surface area contributed by atoms with Crippen LogP contribution in [0.5, 0.6) is 0 Å². The van der Waals surface area contributed by atoms with Crippen molar-refractivity contribution >= 4 is 23.2 Å². The van der Waals surface area contributed by atoms with Gasteiger partial charge in [0.1, 0.15) is 5.82 Å². The van der Waals surface area contributed by atoms with E-state index >= 15 is 0 Å². The van der Waals surface area contributed by atoms with Gasteiger partial charge in [-0.3, -0.25) is 0 Å². The van der Waals surface area contributed by atoms with Gasteiger partial charge in [0.2, 0.25) is 11.9 Å². The van der Waals surface area contributed by atoms with E-state index in [1.54, 1.807) is 0 Å². The van der Waals surface area contributed by atoms with Crippen LogP contribution in [0.4, 0.5) is 11.9 Å². The molecule has 20 heavy (non-hydrogen) atoms. The molecule has 0 aliphatic rings. The number of hydrogen-bond acceptors (Lipinski definition) is 6. The summed E-state index contributed by atoms with van der Waals surface area (Å²) in [6, 6.07) is 2.51. The Labute approximate surface area is 123 Å². The first-order valence-electron chi connectivity index (χ1n) is 6.88. The molecule has 1 unspecified atom stereocenters. The highest BCUT2D eigenvalue weighted by Crippen LogP contribution is 2.20. The number of anilines is 2. The average Bonchev–Trinajstić information content (AvgIpc) is 2.82. The zero-order chi connectivity index (χ0) is 14.5. The third kappa shape index (κ3) is 3.90. The zero-order valence-electron chi connectivity index (χ0n) is 12.2. The van der Waals surface area contributed by atoms with Gasteiger partial charge in [0.25, 0.3) is 0 Å². The lowest BCUT2D eigenvalue weighted by Gasteiger charge is -2.14. The maximum absolute atomic E-state index is 5.62. The van der Waals surface area contributed by atoms with Crippen LogP contribution in [0.1, 0.15) is 36.5 Å². The predicted molar refractivity (Wildman–Crippen MR) is 84.1 cm³/mol. The van der Waals surface area contributed by atoms with Gasteiger partial charge in [0.15, 0.2) is 0 Å². The summed E-state index contributed by atoms with van der Waals surface area (Å²) < 4.78 is 0. The van der Waals surface area contributed by atoms with Gasteiger partial charge in [-0.05, 0) is 50.1 Å². The third-order valence-electron chi connectivity index (χ3n) is 3.16. The molecule has 0 bridgehead atoms. The molecule has 0 saturated carbocycles. The molecule has 2 aromatic heterocycles. The molecule has 1 atom stereocenters. The minimum atomic E-state index is 0.263. The molecule has 0 amide bonds. The summed E-state index contributed by atoms with van der Waals surface area (Å²) in [6.45, 7) is 6.14. The number of aromatic nitrogens is 3. The second-order valence-corrected chi connectivity index (χ2v) is 5.87. The molecule has 0 aliphatic carbocycles. The van der Waals surface area contributed by atoms with Gasteiger partial charge in [-0.15, -0.1) is 11.3 Å². The third-order valence-corrected chi connectivity index (χ3v) is 4.19. The molecular formula is C14H21N5S. The van der Waals surface area contributed by atoms with E-state index in [4.69, 9.17) is 5.73 Å². The van der Waals surface area contributed by atoms with E-state index in [0.717, 1.165) is 19.3 Å². The summed E-state index contributed by atoms with van der Waals surface area (Å²) in [5, 5.41) is 5.45. The second-order valence-electron chi connectivity index (χ2n) is 4.87. The molecule has 5 nitrogen and oxygen atoms in total. The van der Waals surface area contributed by atoms with Crippen LogP contribution in [0.3, 0.4) is 0 Å². The number of aryl methyl sites for hydroxylation is 3.